The molecule has 0 bridgehead atoms. The van der Waals surface area contributed by atoms with Gasteiger partial charge >= 0.3 is 0 Å². The molecule has 0 saturated carbocycles. The van der Waals surface area contributed by atoms with Gasteiger partial charge in [0.05, 0.1) is 0 Å². The third kappa shape index (κ3) is 17.3. The number of rotatable bonds is 15. The highest BCUT2D eigenvalue weighted by Crippen LogP contribution is 2.13. The molecule has 0 radical (unpaired) electrons. The lowest BCUT2D eigenvalue weighted by atomic mass is 10.0. The third-order valence-electron chi connectivity index (χ3n) is 3.88. The van der Waals surface area contributed by atoms with Crippen LogP contribution in [0.2, 0.25) is 0 Å². The summed E-state index contributed by atoms with van der Waals surface area (Å²) < 4.78 is 0. The van der Waals surface area contributed by atoms with Crippen molar-refractivity contribution in [1.82, 2.24) is 0 Å². The van der Waals surface area contributed by atoms with E-state index < -0.39 is 5.95 Å². The number of aliphatic hydroxyl groups excluding tert-OH is 1. The predicted octanol–water partition coefficient (Wildman–Crippen LogP) is 6.82. The fourth-order valence-corrected chi connectivity index (χ4v) is 2.57. The van der Waals surface area contributed by atoms with E-state index in [0.29, 0.717) is 0 Å². The van der Waals surface area contributed by atoms with Crippen LogP contribution in [0.3, 0.4) is 0 Å². The maximum atomic E-state index is 8.57. The van der Waals surface area contributed by atoms with Gasteiger partial charge in [0.15, 0.2) is 0 Å². The molecule has 120 valence electrons. The fraction of sp³-hybridized carbons (Fsp3) is 0.889. The Morgan fingerprint density at radius 2 is 0.950 bits per heavy atom. The highest BCUT2D eigenvalue weighted by atomic mass is 16.5. The van der Waals surface area contributed by atoms with Gasteiger partial charge in [-0.3, -0.25) is 0 Å². The van der Waals surface area contributed by atoms with Gasteiger partial charge in [0.1, 0.15) is 0 Å². The van der Waals surface area contributed by atoms with Gasteiger partial charge in [0, 0.05) is 0 Å². The Balaban J connectivity index is 2.97. The number of hydrogen-bond donors (Lipinski definition) is 2. The molecule has 0 unspecified atom stereocenters. The summed E-state index contributed by atoms with van der Waals surface area (Å²) in [5, 5.41) is 17.1. The molecule has 2 heteroatoms. The average Bonchev–Trinajstić information content (AvgIpc) is 2.43. The zero-order valence-corrected chi connectivity index (χ0v) is 13.6. The first kappa shape index (κ1) is 19.3. The molecule has 0 aromatic rings. The Morgan fingerprint density at radius 3 is 1.30 bits per heavy atom. The van der Waals surface area contributed by atoms with Gasteiger partial charge < -0.3 is 10.2 Å². The topological polar surface area (TPSA) is 40.5 Å². The van der Waals surface area contributed by atoms with Gasteiger partial charge in [0.2, 0.25) is 0 Å². The number of hydrogen-bond acceptors (Lipinski definition) is 2. The van der Waals surface area contributed by atoms with Crippen LogP contribution >= 0.6 is 0 Å². The van der Waals surface area contributed by atoms with Crippen LogP contribution in [0.5, 0.6) is 0 Å². The summed E-state index contributed by atoms with van der Waals surface area (Å²) in [5.74, 6) is -0.528. The molecule has 0 atom stereocenters. The summed E-state index contributed by atoms with van der Waals surface area (Å²) >= 11 is 0. The van der Waals surface area contributed by atoms with Crippen molar-refractivity contribution in [1.29, 1.82) is 0 Å². The van der Waals surface area contributed by atoms with Crippen molar-refractivity contribution in [3.63, 3.8) is 0 Å². The third-order valence-corrected chi connectivity index (χ3v) is 3.88. The van der Waals surface area contributed by atoms with E-state index in [1.165, 1.54) is 89.5 Å². The number of aliphatic hydroxyl groups is 2. The van der Waals surface area contributed by atoms with Gasteiger partial charge in [-0.25, -0.2) is 0 Å². The number of allylic oxidation sites excluding steroid dienone is 1. The van der Waals surface area contributed by atoms with Crippen LogP contribution in [0, 0.1) is 0 Å². The molecular formula is C18H36O2. The second-order valence-corrected chi connectivity index (χ2v) is 5.95. The molecule has 0 aliphatic rings. The maximum absolute atomic E-state index is 8.57. The molecule has 0 amide bonds. The zero-order valence-electron chi connectivity index (χ0n) is 13.6. The Labute approximate surface area is 126 Å². The van der Waals surface area contributed by atoms with Crippen molar-refractivity contribution in [3.8, 4) is 0 Å². The van der Waals surface area contributed by atoms with Crippen molar-refractivity contribution < 1.29 is 10.2 Å². The van der Waals surface area contributed by atoms with E-state index in [2.05, 4.69) is 6.92 Å². The summed E-state index contributed by atoms with van der Waals surface area (Å²) in [6.07, 6.45) is 21.3. The summed E-state index contributed by atoms with van der Waals surface area (Å²) in [7, 11) is 0. The molecule has 0 saturated heterocycles. The van der Waals surface area contributed by atoms with Crippen LogP contribution in [0.25, 0.3) is 0 Å². The van der Waals surface area contributed by atoms with Gasteiger partial charge in [-0.1, -0.05) is 90.4 Å². The van der Waals surface area contributed by atoms with Crippen LogP contribution in [-0.2, 0) is 0 Å². The van der Waals surface area contributed by atoms with E-state index >= 15 is 0 Å². The smallest absolute Gasteiger partial charge is 0.269 e. The Hall–Kier alpha value is -0.660. The predicted molar refractivity (Wildman–Crippen MR) is 88.3 cm³/mol. The second-order valence-electron chi connectivity index (χ2n) is 5.95. The van der Waals surface area contributed by atoms with Crippen molar-refractivity contribution in [2.45, 2.75) is 103 Å². The summed E-state index contributed by atoms with van der Waals surface area (Å²) in [6, 6.07) is 0. The van der Waals surface area contributed by atoms with Crippen LogP contribution in [0.1, 0.15) is 103 Å². The van der Waals surface area contributed by atoms with E-state index in [4.69, 9.17) is 10.2 Å². The molecule has 0 aromatic heterocycles. The van der Waals surface area contributed by atoms with Gasteiger partial charge in [-0.2, -0.15) is 0 Å². The monoisotopic (exact) mass is 284 g/mol. The largest absolute Gasteiger partial charge is 0.481 e. The molecule has 0 aromatic carbocycles. The first-order chi connectivity index (χ1) is 9.77. The van der Waals surface area contributed by atoms with Crippen LogP contribution in [0.15, 0.2) is 12.0 Å². The van der Waals surface area contributed by atoms with Gasteiger partial charge in [-0.05, 0) is 18.9 Å². The first-order valence-electron chi connectivity index (χ1n) is 8.85. The highest BCUT2D eigenvalue weighted by Gasteiger charge is 1.94. The minimum atomic E-state index is -0.528. The van der Waals surface area contributed by atoms with Crippen LogP contribution < -0.4 is 0 Å². The minimum absolute atomic E-state index is 0.528. The molecule has 2 nitrogen and oxygen atoms in total. The normalized spacial score (nSPS) is 10.7. The summed E-state index contributed by atoms with van der Waals surface area (Å²) in [5.41, 5.74) is 0. The second kappa shape index (κ2) is 16.4. The molecule has 2 N–H and O–H groups in total. The SMILES string of the molecule is CCCCCCCCCCCCCCCCC=C(O)O. The van der Waals surface area contributed by atoms with Gasteiger partial charge in [-0.15, -0.1) is 0 Å². The Bertz CT molecular complexity index is 207. The number of unbranched alkanes of at least 4 members (excludes halogenated alkanes) is 14. The molecule has 0 rings (SSSR count). The van der Waals surface area contributed by atoms with E-state index in [0.717, 1.165) is 12.8 Å². The van der Waals surface area contributed by atoms with E-state index in [-0.39, 0.29) is 0 Å². The lowest BCUT2D eigenvalue weighted by molar-refractivity contribution is 0.189. The molecule has 20 heavy (non-hydrogen) atoms. The fourth-order valence-electron chi connectivity index (χ4n) is 2.57. The average molecular weight is 284 g/mol. The van der Waals surface area contributed by atoms with E-state index in [1.807, 2.05) is 0 Å². The Kier molecular flexibility index (Phi) is 15.9. The molecule has 0 spiro atoms. The molecular weight excluding hydrogens is 248 g/mol. The summed E-state index contributed by atoms with van der Waals surface area (Å²) in [4.78, 5) is 0. The Morgan fingerprint density at radius 1 is 0.600 bits per heavy atom. The zero-order chi connectivity index (χ0) is 14.9. The highest BCUT2D eigenvalue weighted by molar-refractivity contribution is 4.78. The van der Waals surface area contributed by atoms with Crippen molar-refractivity contribution in [2.24, 2.45) is 0 Å². The lowest BCUT2D eigenvalue weighted by Crippen LogP contribution is -1.83. The minimum Gasteiger partial charge on any atom is -0.481 e. The molecule has 0 heterocycles. The molecule has 0 aliphatic heterocycles. The van der Waals surface area contributed by atoms with Crippen molar-refractivity contribution >= 4 is 0 Å². The van der Waals surface area contributed by atoms with Crippen LogP contribution in [0.4, 0.5) is 0 Å². The molecule has 0 fully saturated rings. The van der Waals surface area contributed by atoms with E-state index in [9.17, 15) is 0 Å². The molecule has 0 aliphatic carbocycles. The van der Waals surface area contributed by atoms with Crippen molar-refractivity contribution in [3.05, 3.63) is 12.0 Å². The van der Waals surface area contributed by atoms with Crippen molar-refractivity contribution in [2.75, 3.05) is 0 Å². The first-order valence-corrected chi connectivity index (χ1v) is 8.85. The van der Waals surface area contributed by atoms with Crippen LogP contribution in [-0.4, -0.2) is 10.2 Å². The quantitative estimate of drug-likeness (QED) is 0.256. The lowest BCUT2D eigenvalue weighted by Gasteiger charge is -2.02. The van der Waals surface area contributed by atoms with Gasteiger partial charge in [0.25, 0.3) is 5.95 Å². The standard InChI is InChI=1S/C18H36O2/c1-2-3-4-5-6-7-8-9-10-11-12-13-14-15-16-17-18(19)20/h17,19-20H,2-16H2,1H3. The van der Waals surface area contributed by atoms with E-state index in [1.54, 1.807) is 0 Å². The maximum Gasteiger partial charge on any atom is 0.269 e. The summed E-state index contributed by atoms with van der Waals surface area (Å²) in [6.45, 7) is 2.27.